The van der Waals surface area contributed by atoms with Crippen LogP contribution >= 0.6 is 0 Å². The number of fused-ring (bicyclic) bond motifs is 1. The van der Waals surface area contributed by atoms with Crippen LogP contribution in [0.4, 0.5) is 4.79 Å². The van der Waals surface area contributed by atoms with Crippen molar-refractivity contribution in [3.8, 4) is 0 Å². The number of rotatable bonds is 6. The maximum atomic E-state index is 12.3. The lowest BCUT2D eigenvalue weighted by molar-refractivity contribution is -0.141. The highest BCUT2D eigenvalue weighted by Gasteiger charge is 2.30. The molecule has 1 heterocycles. The number of esters is 1. The van der Waals surface area contributed by atoms with E-state index in [4.69, 9.17) is 15.2 Å². The van der Waals surface area contributed by atoms with Gasteiger partial charge >= 0.3 is 12.1 Å². The lowest BCUT2D eigenvalue weighted by Gasteiger charge is -2.19. The molecule has 0 spiro atoms. The summed E-state index contributed by atoms with van der Waals surface area (Å²) >= 11 is 0. The first-order chi connectivity index (χ1) is 10.9. The van der Waals surface area contributed by atoms with Crippen molar-refractivity contribution >= 4 is 17.8 Å². The molecule has 0 aromatic carbocycles. The highest BCUT2D eigenvalue weighted by atomic mass is 16.5. The molecule has 0 saturated heterocycles. The van der Waals surface area contributed by atoms with E-state index in [2.05, 4.69) is 5.10 Å². The third-order valence-electron chi connectivity index (χ3n) is 3.66. The second-order valence-corrected chi connectivity index (χ2v) is 5.73. The Bertz CT molecular complexity index is 623. The SMILES string of the molecule is CC(=O)OCCCn1nc(COC(N)=O)c2c1C[C@@H](C)CC2=O. The zero-order chi connectivity index (χ0) is 17.0. The van der Waals surface area contributed by atoms with Gasteiger partial charge in [-0.05, 0) is 12.3 Å². The van der Waals surface area contributed by atoms with Gasteiger partial charge < -0.3 is 15.2 Å². The predicted octanol–water partition coefficient (Wildman–Crippen LogP) is 1.20. The summed E-state index contributed by atoms with van der Waals surface area (Å²) in [7, 11) is 0. The number of hydrogen-bond acceptors (Lipinski definition) is 6. The number of amides is 1. The average molecular weight is 323 g/mol. The molecule has 1 aromatic rings. The van der Waals surface area contributed by atoms with Gasteiger partial charge in [0.25, 0.3) is 0 Å². The Hall–Kier alpha value is -2.38. The third kappa shape index (κ3) is 4.30. The number of aromatic nitrogens is 2. The number of carbonyl (C=O) groups is 3. The monoisotopic (exact) mass is 323 g/mol. The van der Waals surface area contributed by atoms with Gasteiger partial charge in [0.2, 0.25) is 0 Å². The van der Waals surface area contributed by atoms with E-state index in [9.17, 15) is 14.4 Å². The molecule has 0 bridgehead atoms. The van der Waals surface area contributed by atoms with Crippen LogP contribution in [0.2, 0.25) is 0 Å². The Morgan fingerprint density at radius 2 is 2.09 bits per heavy atom. The van der Waals surface area contributed by atoms with Crippen molar-refractivity contribution in [2.45, 2.75) is 46.3 Å². The van der Waals surface area contributed by atoms with Crippen LogP contribution in [-0.2, 0) is 33.8 Å². The topological polar surface area (TPSA) is 114 Å². The largest absolute Gasteiger partial charge is 0.466 e. The molecule has 2 rings (SSSR count). The van der Waals surface area contributed by atoms with E-state index in [-0.39, 0.29) is 24.3 Å². The molecule has 0 fully saturated rings. The Morgan fingerprint density at radius 3 is 2.74 bits per heavy atom. The summed E-state index contributed by atoms with van der Waals surface area (Å²) in [5, 5.41) is 4.39. The number of nitrogens with two attached hydrogens (primary N) is 1. The number of Topliss-reactive ketones (excluding diaryl/α,β-unsaturated/α-hetero) is 1. The van der Waals surface area contributed by atoms with E-state index in [0.717, 1.165) is 12.1 Å². The molecule has 1 aliphatic rings. The molecule has 0 saturated carbocycles. The van der Waals surface area contributed by atoms with Gasteiger partial charge in [0, 0.05) is 32.0 Å². The van der Waals surface area contributed by atoms with Crippen LogP contribution < -0.4 is 5.73 Å². The van der Waals surface area contributed by atoms with Crippen LogP contribution in [-0.4, -0.2) is 34.2 Å². The van der Waals surface area contributed by atoms with Crippen molar-refractivity contribution in [3.05, 3.63) is 17.0 Å². The fourth-order valence-electron chi connectivity index (χ4n) is 2.76. The molecular weight excluding hydrogens is 302 g/mol. The minimum Gasteiger partial charge on any atom is -0.466 e. The minimum atomic E-state index is -0.903. The summed E-state index contributed by atoms with van der Waals surface area (Å²) in [5.41, 5.74) is 6.80. The van der Waals surface area contributed by atoms with Gasteiger partial charge in [-0.2, -0.15) is 5.10 Å². The van der Waals surface area contributed by atoms with Gasteiger partial charge in [-0.25, -0.2) is 4.79 Å². The minimum absolute atomic E-state index is 0.00746. The molecular formula is C15H21N3O5. The second-order valence-electron chi connectivity index (χ2n) is 5.73. The van der Waals surface area contributed by atoms with Crippen molar-refractivity contribution in [2.24, 2.45) is 11.7 Å². The van der Waals surface area contributed by atoms with E-state index in [0.29, 0.717) is 37.3 Å². The fraction of sp³-hybridized carbons (Fsp3) is 0.600. The first-order valence-corrected chi connectivity index (χ1v) is 7.55. The fourth-order valence-corrected chi connectivity index (χ4v) is 2.76. The van der Waals surface area contributed by atoms with Crippen LogP contribution in [0.1, 0.15) is 48.4 Å². The van der Waals surface area contributed by atoms with Gasteiger partial charge in [0.05, 0.1) is 12.2 Å². The van der Waals surface area contributed by atoms with E-state index in [1.165, 1.54) is 6.92 Å². The van der Waals surface area contributed by atoms with Crippen LogP contribution in [0, 0.1) is 5.92 Å². The molecule has 1 aromatic heterocycles. The Balaban J connectivity index is 2.17. The second kappa shape index (κ2) is 7.26. The van der Waals surface area contributed by atoms with E-state index < -0.39 is 6.09 Å². The zero-order valence-electron chi connectivity index (χ0n) is 13.3. The highest BCUT2D eigenvalue weighted by molar-refractivity contribution is 5.99. The smallest absolute Gasteiger partial charge is 0.404 e. The van der Waals surface area contributed by atoms with Crippen LogP contribution in [0.15, 0.2) is 0 Å². The van der Waals surface area contributed by atoms with Crippen LogP contribution in [0.3, 0.4) is 0 Å². The predicted molar refractivity (Wildman–Crippen MR) is 79.7 cm³/mol. The van der Waals surface area contributed by atoms with E-state index in [1.54, 1.807) is 4.68 Å². The quantitative estimate of drug-likeness (QED) is 0.621. The molecule has 0 aliphatic heterocycles. The summed E-state index contributed by atoms with van der Waals surface area (Å²) in [6, 6.07) is 0. The number of ether oxygens (including phenoxy) is 2. The van der Waals surface area contributed by atoms with Crippen LogP contribution in [0.5, 0.6) is 0 Å². The molecule has 1 amide bonds. The highest BCUT2D eigenvalue weighted by Crippen LogP contribution is 2.28. The molecule has 1 atom stereocenters. The molecule has 0 unspecified atom stereocenters. The average Bonchev–Trinajstić information content (AvgIpc) is 2.79. The lowest BCUT2D eigenvalue weighted by Crippen LogP contribution is -2.21. The maximum Gasteiger partial charge on any atom is 0.404 e. The standard InChI is InChI=1S/C15H21N3O5/c1-9-6-12-14(13(20)7-9)11(8-23-15(16)21)17-18(12)4-3-5-22-10(2)19/h9H,3-8H2,1-2H3,(H2,16,21)/t9-/m1/s1. The first-order valence-electron chi connectivity index (χ1n) is 7.55. The molecule has 0 radical (unpaired) electrons. The van der Waals surface area contributed by atoms with Gasteiger partial charge in [-0.15, -0.1) is 0 Å². The van der Waals surface area contributed by atoms with Crippen molar-refractivity contribution < 1.29 is 23.9 Å². The van der Waals surface area contributed by atoms with Crippen molar-refractivity contribution in [3.63, 3.8) is 0 Å². The number of nitrogens with zero attached hydrogens (tertiary/aromatic N) is 2. The lowest BCUT2D eigenvalue weighted by atomic mass is 9.87. The molecule has 8 nitrogen and oxygen atoms in total. The van der Waals surface area contributed by atoms with E-state index in [1.807, 2.05) is 6.92 Å². The third-order valence-corrected chi connectivity index (χ3v) is 3.66. The van der Waals surface area contributed by atoms with Crippen LogP contribution in [0.25, 0.3) is 0 Å². The molecule has 126 valence electrons. The van der Waals surface area contributed by atoms with Gasteiger partial charge in [0.1, 0.15) is 12.3 Å². The Morgan fingerprint density at radius 1 is 1.35 bits per heavy atom. The molecule has 8 heteroatoms. The summed E-state index contributed by atoms with van der Waals surface area (Å²) in [6.45, 7) is 4.06. The van der Waals surface area contributed by atoms with Crippen molar-refractivity contribution in [2.75, 3.05) is 6.61 Å². The summed E-state index contributed by atoms with van der Waals surface area (Å²) in [4.78, 5) is 33.9. The molecule has 2 N–H and O–H groups in total. The molecule has 23 heavy (non-hydrogen) atoms. The Labute approximate surface area is 133 Å². The van der Waals surface area contributed by atoms with Gasteiger partial charge in [-0.1, -0.05) is 6.92 Å². The number of aryl methyl sites for hydroxylation is 1. The number of primary amides is 1. The molecule has 1 aliphatic carbocycles. The normalized spacial score (nSPS) is 16.8. The summed E-state index contributed by atoms with van der Waals surface area (Å²) < 4.78 is 11.4. The van der Waals surface area contributed by atoms with E-state index >= 15 is 0 Å². The van der Waals surface area contributed by atoms with Gasteiger partial charge in [-0.3, -0.25) is 14.3 Å². The number of carbonyl (C=O) groups excluding carboxylic acids is 3. The van der Waals surface area contributed by atoms with Crippen molar-refractivity contribution in [1.82, 2.24) is 9.78 Å². The Kier molecular flexibility index (Phi) is 5.36. The number of hydrogen-bond donors (Lipinski definition) is 1. The summed E-state index contributed by atoms with van der Waals surface area (Å²) in [5.74, 6) is -0.0799. The zero-order valence-corrected chi connectivity index (χ0v) is 13.3. The number of ketones is 1. The first kappa shape index (κ1) is 17.0. The summed E-state index contributed by atoms with van der Waals surface area (Å²) in [6.07, 6.45) is 0.875. The van der Waals surface area contributed by atoms with Crippen molar-refractivity contribution in [1.29, 1.82) is 0 Å². The van der Waals surface area contributed by atoms with Gasteiger partial charge in [0.15, 0.2) is 5.78 Å². The maximum absolute atomic E-state index is 12.3.